The molecule has 114 valence electrons. The third-order valence-corrected chi connectivity index (χ3v) is 2.93. The average molecular weight is 302 g/mol. The number of para-hydroxylation sites is 1. The van der Waals surface area contributed by atoms with E-state index in [1.165, 1.54) is 18.2 Å². The van der Waals surface area contributed by atoms with Crippen LogP contribution in [-0.2, 0) is 0 Å². The second kappa shape index (κ2) is 6.71. The van der Waals surface area contributed by atoms with Gasteiger partial charge in [0, 0.05) is 5.56 Å². The van der Waals surface area contributed by atoms with Crippen LogP contribution in [0.15, 0.2) is 42.5 Å². The SMILES string of the molecule is CCOc1ccc(C(=O)Nc2ccccc2C(N)=O)cc1F. The van der Waals surface area contributed by atoms with Crippen LogP contribution >= 0.6 is 0 Å². The van der Waals surface area contributed by atoms with Gasteiger partial charge in [-0.1, -0.05) is 12.1 Å². The lowest BCUT2D eigenvalue weighted by Gasteiger charge is -2.10. The van der Waals surface area contributed by atoms with E-state index in [4.69, 9.17) is 10.5 Å². The van der Waals surface area contributed by atoms with E-state index in [0.717, 1.165) is 6.07 Å². The van der Waals surface area contributed by atoms with Gasteiger partial charge in [-0.2, -0.15) is 0 Å². The molecule has 0 atom stereocenters. The van der Waals surface area contributed by atoms with Gasteiger partial charge in [-0.05, 0) is 37.3 Å². The maximum absolute atomic E-state index is 13.8. The van der Waals surface area contributed by atoms with Crippen LogP contribution in [0.1, 0.15) is 27.6 Å². The highest BCUT2D eigenvalue weighted by Crippen LogP contribution is 2.20. The molecule has 2 aromatic carbocycles. The second-order valence-electron chi connectivity index (χ2n) is 4.44. The Morgan fingerprint density at radius 3 is 2.59 bits per heavy atom. The predicted octanol–water partition coefficient (Wildman–Crippen LogP) is 2.58. The molecule has 6 heteroatoms. The van der Waals surface area contributed by atoms with E-state index in [0.29, 0.717) is 6.61 Å². The van der Waals surface area contributed by atoms with E-state index in [1.54, 1.807) is 25.1 Å². The topological polar surface area (TPSA) is 81.4 Å². The number of nitrogens with two attached hydrogens (primary N) is 1. The average Bonchev–Trinajstić information content (AvgIpc) is 2.49. The lowest BCUT2D eigenvalue weighted by atomic mass is 10.1. The molecular weight excluding hydrogens is 287 g/mol. The number of rotatable bonds is 5. The lowest BCUT2D eigenvalue weighted by Crippen LogP contribution is -2.18. The van der Waals surface area contributed by atoms with Gasteiger partial charge in [0.2, 0.25) is 0 Å². The quantitative estimate of drug-likeness (QED) is 0.890. The minimum atomic E-state index is -0.659. The molecule has 0 saturated carbocycles. The number of halogens is 1. The van der Waals surface area contributed by atoms with E-state index in [2.05, 4.69) is 5.32 Å². The fourth-order valence-corrected chi connectivity index (χ4v) is 1.92. The highest BCUT2D eigenvalue weighted by atomic mass is 19.1. The van der Waals surface area contributed by atoms with Crippen molar-refractivity contribution in [3.8, 4) is 5.75 Å². The largest absolute Gasteiger partial charge is 0.491 e. The molecule has 5 nitrogen and oxygen atoms in total. The van der Waals surface area contributed by atoms with Gasteiger partial charge in [0.15, 0.2) is 11.6 Å². The molecule has 0 aromatic heterocycles. The Labute approximate surface area is 126 Å². The maximum atomic E-state index is 13.8. The summed E-state index contributed by atoms with van der Waals surface area (Å²) in [4.78, 5) is 23.4. The van der Waals surface area contributed by atoms with Gasteiger partial charge >= 0.3 is 0 Å². The Morgan fingerprint density at radius 1 is 1.23 bits per heavy atom. The first-order valence-corrected chi connectivity index (χ1v) is 6.65. The molecule has 0 unspecified atom stereocenters. The number of amides is 2. The van der Waals surface area contributed by atoms with Gasteiger partial charge in [0.25, 0.3) is 11.8 Å². The van der Waals surface area contributed by atoms with Gasteiger partial charge in [-0.25, -0.2) is 4.39 Å². The van der Waals surface area contributed by atoms with Crippen LogP contribution < -0.4 is 15.8 Å². The molecule has 22 heavy (non-hydrogen) atoms. The first-order chi connectivity index (χ1) is 10.5. The molecule has 0 saturated heterocycles. The summed E-state index contributed by atoms with van der Waals surface area (Å²) in [6.07, 6.45) is 0. The van der Waals surface area contributed by atoms with Gasteiger partial charge in [0.1, 0.15) is 0 Å². The molecule has 2 aromatic rings. The van der Waals surface area contributed by atoms with Crippen molar-refractivity contribution in [3.63, 3.8) is 0 Å². The van der Waals surface area contributed by atoms with E-state index < -0.39 is 17.6 Å². The maximum Gasteiger partial charge on any atom is 0.255 e. The monoisotopic (exact) mass is 302 g/mol. The number of carbonyl (C=O) groups is 2. The van der Waals surface area contributed by atoms with Crippen molar-refractivity contribution in [1.29, 1.82) is 0 Å². The van der Waals surface area contributed by atoms with Crippen molar-refractivity contribution in [2.24, 2.45) is 5.73 Å². The number of carbonyl (C=O) groups excluding carboxylic acids is 2. The highest BCUT2D eigenvalue weighted by molar-refractivity contribution is 6.08. The summed E-state index contributed by atoms with van der Waals surface area (Å²) in [6, 6.07) is 10.2. The standard InChI is InChI=1S/C16H15FN2O3/c1-2-22-14-8-7-10(9-12(14)17)16(21)19-13-6-4-3-5-11(13)15(18)20/h3-9H,2H2,1H3,(H2,18,20)(H,19,21). The van der Waals surface area contributed by atoms with Crippen LogP contribution in [-0.4, -0.2) is 18.4 Å². The minimum absolute atomic E-state index is 0.0802. The van der Waals surface area contributed by atoms with E-state index >= 15 is 0 Å². The minimum Gasteiger partial charge on any atom is -0.491 e. The van der Waals surface area contributed by atoms with Gasteiger partial charge in [0.05, 0.1) is 17.9 Å². The number of hydrogen-bond donors (Lipinski definition) is 2. The number of primary amides is 1. The zero-order valence-electron chi connectivity index (χ0n) is 11.9. The van der Waals surface area contributed by atoms with Crippen LogP contribution in [0.5, 0.6) is 5.75 Å². The third-order valence-electron chi connectivity index (χ3n) is 2.93. The second-order valence-corrected chi connectivity index (χ2v) is 4.44. The number of anilines is 1. The fourth-order valence-electron chi connectivity index (χ4n) is 1.92. The molecule has 2 amide bonds. The number of hydrogen-bond acceptors (Lipinski definition) is 3. The molecule has 0 heterocycles. The molecule has 0 aliphatic carbocycles. The number of benzene rings is 2. The molecule has 0 spiro atoms. The van der Waals surface area contributed by atoms with Crippen LogP contribution in [0.3, 0.4) is 0 Å². The summed E-state index contributed by atoms with van der Waals surface area (Å²) in [5.74, 6) is -1.75. The highest BCUT2D eigenvalue weighted by Gasteiger charge is 2.14. The van der Waals surface area contributed by atoms with Crippen molar-refractivity contribution in [2.75, 3.05) is 11.9 Å². The molecule has 0 aliphatic rings. The van der Waals surface area contributed by atoms with Crippen LogP contribution in [0.4, 0.5) is 10.1 Å². The van der Waals surface area contributed by atoms with Crippen molar-refractivity contribution < 1.29 is 18.7 Å². The zero-order valence-corrected chi connectivity index (χ0v) is 11.9. The summed E-state index contributed by atoms with van der Waals surface area (Å²) < 4.78 is 18.8. The number of nitrogens with one attached hydrogen (secondary N) is 1. The summed E-state index contributed by atoms with van der Waals surface area (Å²) in [6.45, 7) is 2.06. The molecule has 0 aliphatic heterocycles. The Bertz CT molecular complexity index is 716. The summed E-state index contributed by atoms with van der Waals surface area (Å²) in [5, 5.41) is 2.54. The summed E-state index contributed by atoms with van der Waals surface area (Å²) in [5.41, 5.74) is 5.81. The van der Waals surface area contributed by atoms with Crippen molar-refractivity contribution in [1.82, 2.24) is 0 Å². The lowest BCUT2D eigenvalue weighted by molar-refractivity contribution is 0.100. The molecule has 3 N–H and O–H groups in total. The zero-order chi connectivity index (χ0) is 16.1. The van der Waals surface area contributed by atoms with E-state index in [9.17, 15) is 14.0 Å². The molecule has 0 bridgehead atoms. The first kappa shape index (κ1) is 15.5. The van der Waals surface area contributed by atoms with E-state index in [1.807, 2.05) is 0 Å². The van der Waals surface area contributed by atoms with Gasteiger partial charge in [-0.3, -0.25) is 9.59 Å². The van der Waals surface area contributed by atoms with Crippen molar-refractivity contribution >= 4 is 17.5 Å². The summed E-state index contributed by atoms with van der Waals surface area (Å²) >= 11 is 0. The van der Waals surface area contributed by atoms with Crippen molar-refractivity contribution in [3.05, 3.63) is 59.4 Å². The third kappa shape index (κ3) is 3.41. The normalized spacial score (nSPS) is 10.1. The Kier molecular flexibility index (Phi) is 4.73. The van der Waals surface area contributed by atoms with E-state index in [-0.39, 0.29) is 22.6 Å². The van der Waals surface area contributed by atoms with Gasteiger partial charge < -0.3 is 15.8 Å². The van der Waals surface area contributed by atoms with Crippen LogP contribution in [0, 0.1) is 5.82 Å². The van der Waals surface area contributed by atoms with Gasteiger partial charge in [-0.15, -0.1) is 0 Å². The molecule has 0 fully saturated rings. The van der Waals surface area contributed by atoms with Crippen LogP contribution in [0.25, 0.3) is 0 Å². The predicted molar refractivity (Wildman–Crippen MR) is 80.5 cm³/mol. The summed E-state index contributed by atoms with van der Waals surface area (Å²) in [7, 11) is 0. The Balaban J connectivity index is 2.23. The molecular formula is C16H15FN2O3. The Hall–Kier alpha value is -2.89. The number of ether oxygens (including phenoxy) is 1. The van der Waals surface area contributed by atoms with Crippen LogP contribution in [0.2, 0.25) is 0 Å². The smallest absolute Gasteiger partial charge is 0.255 e. The van der Waals surface area contributed by atoms with Crippen molar-refractivity contribution in [2.45, 2.75) is 6.92 Å². The molecule has 2 rings (SSSR count). The fraction of sp³-hybridized carbons (Fsp3) is 0.125. The first-order valence-electron chi connectivity index (χ1n) is 6.65. The molecule has 0 radical (unpaired) electrons. The Morgan fingerprint density at radius 2 is 1.95 bits per heavy atom.